The third kappa shape index (κ3) is 3.47. The average Bonchev–Trinajstić information content (AvgIpc) is 3.42. The van der Waals surface area contributed by atoms with Crippen LogP contribution in [0.25, 0.3) is 16.8 Å². The van der Waals surface area contributed by atoms with Gasteiger partial charge < -0.3 is 9.47 Å². The molecule has 4 aromatic rings. The molecule has 0 radical (unpaired) electrons. The standard InChI is InChI=1S/C28H29N3O2/c1-19-32-26(33-19)28(3,17-20-7-5-4-6-8-20)24-13-16-29-25-23(18-30-31(24)25)21-9-11-22(12-10-21)27(2)14-15-27/h4-13,16,18-19,26H,14-15,17H2,1-3H3. The van der Waals surface area contributed by atoms with Crippen molar-refractivity contribution in [1.29, 1.82) is 0 Å². The second kappa shape index (κ2) is 7.51. The Morgan fingerprint density at radius 2 is 1.76 bits per heavy atom. The summed E-state index contributed by atoms with van der Waals surface area (Å²) in [6.07, 6.45) is 6.59. The number of hydrogen-bond acceptors (Lipinski definition) is 4. The molecule has 0 spiro atoms. The Morgan fingerprint density at radius 1 is 1.03 bits per heavy atom. The first-order chi connectivity index (χ1) is 16.0. The highest BCUT2D eigenvalue weighted by molar-refractivity contribution is 5.77. The van der Waals surface area contributed by atoms with E-state index in [4.69, 9.17) is 19.6 Å². The second-order valence-electron chi connectivity index (χ2n) is 10.0. The van der Waals surface area contributed by atoms with E-state index in [0.717, 1.165) is 28.9 Å². The Balaban J connectivity index is 1.42. The van der Waals surface area contributed by atoms with Gasteiger partial charge in [0.1, 0.15) is 0 Å². The summed E-state index contributed by atoms with van der Waals surface area (Å²) in [5, 5.41) is 4.79. The molecule has 33 heavy (non-hydrogen) atoms. The van der Waals surface area contributed by atoms with Crippen LogP contribution in [0.2, 0.25) is 0 Å². The monoisotopic (exact) mass is 439 g/mol. The highest BCUT2D eigenvalue weighted by Gasteiger charge is 2.47. The molecule has 0 N–H and O–H groups in total. The van der Waals surface area contributed by atoms with Gasteiger partial charge in [-0.3, -0.25) is 0 Å². The summed E-state index contributed by atoms with van der Waals surface area (Å²) in [6.45, 7) is 6.46. The molecule has 5 nitrogen and oxygen atoms in total. The predicted octanol–water partition coefficient (Wildman–Crippen LogP) is 5.67. The van der Waals surface area contributed by atoms with E-state index in [2.05, 4.69) is 62.4 Å². The van der Waals surface area contributed by atoms with Crippen molar-refractivity contribution in [2.75, 3.05) is 0 Å². The van der Waals surface area contributed by atoms with Crippen LogP contribution in [0.1, 0.15) is 50.4 Å². The summed E-state index contributed by atoms with van der Waals surface area (Å²) in [6, 6.07) is 21.4. The molecular formula is C28H29N3O2. The smallest absolute Gasteiger partial charge is 0.174 e. The van der Waals surface area contributed by atoms with Gasteiger partial charge in [-0.25, -0.2) is 9.50 Å². The minimum atomic E-state index is -0.428. The molecule has 6 rings (SSSR count). The maximum absolute atomic E-state index is 6.04. The Hall–Kier alpha value is -3.02. The number of rotatable bonds is 6. The van der Waals surface area contributed by atoms with Gasteiger partial charge in [0.15, 0.2) is 18.2 Å². The summed E-state index contributed by atoms with van der Waals surface area (Å²) in [4.78, 5) is 4.72. The fourth-order valence-corrected chi connectivity index (χ4v) is 5.03. The van der Waals surface area contributed by atoms with Crippen LogP contribution in [0.3, 0.4) is 0 Å². The fourth-order valence-electron chi connectivity index (χ4n) is 5.03. The molecule has 1 aliphatic heterocycles. The van der Waals surface area contributed by atoms with Gasteiger partial charge in [0.2, 0.25) is 0 Å². The molecule has 2 aromatic carbocycles. The van der Waals surface area contributed by atoms with E-state index in [0.29, 0.717) is 5.41 Å². The molecule has 1 saturated carbocycles. The summed E-state index contributed by atoms with van der Waals surface area (Å²) in [5.74, 6) is 0. The van der Waals surface area contributed by atoms with Gasteiger partial charge in [0.25, 0.3) is 0 Å². The molecular weight excluding hydrogens is 410 g/mol. The number of benzene rings is 2. The second-order valence-corrected chi connectivity index (χ2v) is 10.0. The number of hydrogen-bond donors (Lipinski definition) is 0. The van der Waals surface area contributed by atoms with Crippen LogP contribution < -0.4 is 0 Å². The van der Waals surface area contributed by atoms with Crippen LogP contribution in [0.15, 0.2) is 73.1 Å². The highest BCUT2D eigenvalue weighted by Crippen LogP contribution is 2.48. The van der Waals surface area contributed by atoms with Crippen molar-refractivity contribution in [3.63, 3.8) is 0 Å². The molecule has 168 valence electrons. The largest absolute Gasteiger partial charge is 0.323 e. The van der Waals surface area contributed by atoms with Gasteiger partial charge in [-0.2, -0.15) is 5.10 Å². The number of aromatic nitrogens is 3. The molecule has 3 heterocycles. The number of fused-ring (bicyclic) bond motifs is 1. The third-order valence-electron chi connectivity index (χ3n) is 7.44. The summed E-state index contributed by atoms with van der Waals surface area (Å²) in [7, 11) is 0. The van der Waals surface area contributed by atoms with E-state index in [1.165, 1.54) is 24.0 Å². The Labute approximate surface area is 194 Å². The first-order valence-corrected chi connectivity index (χ1v) is 11.8. The lowest BCUT2D eigenvalue weighted by molar-refractivity contribution is -0.396. The topological polar surface area (TPSA) is 48.7 Å². The molecule has 1 atom stereocenters. The molecule has 5 heteroatoms. The van der Waals surface area contributed by atoms with Crippen LogP contribution in [-0.2, 0) is 26.7 Å². The Kier molecular flexibility index (Phi) is 4.68. The van der Waals surface area contributed by atoms with Gasteiger partial charge in [0.05, 0.1) is 17.3 Å². The highest BCUT2D eigenvalue weighted by atomic mass is 16.9. The van der Waals surface area contributed by atoms with E-state index in [9.17, 15) is 0 Å². The first-order valence-electron chi connectivity index (χ1n) is 11.8. The zero-order valence-electron chi connectivity index (χ0n) is 19.4. The minimum absolute atomic E-state index is 0.192. The van der Waals surface area contributed by atoms with Gasteiger partial charge in [0, 0.05) is 11.8 Å². The van der Waals surface area contributed by atoms with E-state index >= 15 is 0 Å². The van der Waals surface area contributed by atoms with Gasteiger partial charge in [-0.05, 0) is 61.3 Å². The molecule has 2 fully saturated rings. The Bertz CT molecular complexity index is 1290. The Morgan fingerprint density at radius 3 is 2.42 bits per heavy atom. The van der Waals surface area contributed by atoms with E-state index in [-0.39, 0.29) is 12.6 Å². The van der Waals surface area contributed by atoms with Crippen molar-refractivity contribution in [3.8, 4) is 11.1 Å². The van der Waals surface area contributed by atoms with Gasteiger partial charge in [-0.15, -0.1) is 0 Å². The average molecular weight is 440 g/mol. The van der Waals surface area contributed by atoms with Crippen molar-refractivity contribution in [2.45, 2.75) is 63.4 Å². The van der Waals surface area contributed by atoms with Crippen LogP contribution in [0, 0.1) is 0 Å². The molecule has 1 unspecified atom stereocenters. The maximum atomic E-state index is 6.04. The van der Waals surface area contributed by atoms with Crippen LogP contribution >= 0.6 is 0 Å². The SMILES string of the molecule is CC1OC(C(C)(Cc2ccccc2)c2ccnc3c(-c4ccc(C5(C)CC5)cc4)cnn23)O1. The predicted molar refractivity (Wildman–Crippen MR) is 128 cm³/mol. The zero-order chi connectivity index (χ0) is 22.6. The van der Waals surface area contributed by atoms with Gasteiger partial charge in [-0.1, -0.05) is 61.5 Å². The molecule has 2 aromatic heterocycles. The molecule has 2 aliphatic rings. The van der Waals surface area contributed by atoms with Crippen molar-refractivity contribution in [2.24, 2.45) is 0 Å². The molecule has 1 saturated heterocycles. The van der Waals surface area contributed by atoms with Crippen molar-refractivity contribution in [1.82, 2.24) is 14.6 Å². The van der Waals surface area contributed by atoms with Crippen LogP contribution in [0.4, 0.5) is 0 Å². The molecule has 0 amide bonds. The van der Waals surface area contributed by atoms with Gasteiger partial charge >= 0.3 is 0 Å². The zero-order valence-corrected chi connectivity index (χ0v) is 19.4. The lowest BCUT2D eigenvalue weighted by atomic mass is 9.78. The van der Waals surface area contributed by atoms with E-state index < -0.39 is 5.41 Å². The summed E-state index contributed by atoms with van der Waals surface area (Å²) < 4.78 is 14.0. The summed E-state index contributed by atoms with van der Waals surface area (Å²) >= 11 is 0. The molecule has 1 aliphatic carbocycles. The summed E-state index contributed by atoms with van der Waals surface area (Å²) in [5.41, 5.74) is 6.64. The lowest BCUT2D eigenvalue weighted by Crippen LogP contribution is -2.53. The normalized spacial score (nSPS) is 23.1. The van der Waals surface area contributed by atoms with E-state index in [1.807, 2.05) is 36.0 Å². The number of ether oxygens (including phenoxy) is 2. The quantitative estimate of drug-likeness (QED) is 0.389. The fraction of sp³-hybridized carbons (Fsp3) is 0.357. The third-order valence-corrected chi connectivity index (χ3v) is 7.44. The first kappa shape index (κ1) is 20.6. The maximum Gasteiger partial charge on any atom is 0.174 e. The van der Waals surface area contributed by atoms with Crippen molar-refractivity contribution >= 4 is 5.65 Å². The minimum Gasteiger partial charge on any atom is -0.323 e. The van der Waals surface area contributed by atoms with E-state index in [1.54, 1.807) is 0 Å². The van der Waals surface area contributed by atoms with Crippen LogP contribution in [0.5, 0.6) is 0 Å². The number of nitrogens with zero attached hydrogens (tertiary/aromatic N) is 3. The van der Waals surface area contributed by atoms with Crippen molar-refractivity contribution < 1.29 is 9.47 Å². The van der Waals surface area contributed by atoms with Crippen molar-refractivity contribution in [3.05, 3.63) is 89.9 Å². The van der Waals surface area contributed by atoms with Crippen LogP contribution in [-0.4, -0.2) is 27.2 Å². The molecule has 0 bridgehead atoms. The lowest BCUT2D eigenvalue weighted by Gasteiger charge is -2.45.